The van der Waals surface area contributed by atoms with Crippen LogP contribution in [0.15, 0.2) is 48.8 Å². The number of morpholine rings is 1. The van der Waals surface area contributed by atoms with Gasteiger partial charge < -0.3 is 10.1 Å². The highest BCUT2D eigenvalue weighted by Crippen LogP contribution is 2.21. The molecule has 2 aromatic carbocycles. The van der Waals surface area contributed by atoms with Crippen molar-refractivity contribution in [2.24, 2.45) is 0 Å². The molecule has 5 heteroatoms. The Balaban J connectivity index is 1.39. The number of aromatic nitrogens is 2. The minimum atomic E-state index is 0.304. The second-order valence-corrected chi connectivity index (χ2v) is 7.86. The normalized spacial score (nSPS) is 20.4. The lowest BCUT2D eigenvalue weighted by atomic mass is 10.1. The summed E-state index contributed by atoms with van der Waals surface area (Å²) in [5, 5.41) is 4.53. The predicted molar refractivity (Wildman–Crippen MR) is 113 cm³/mol. The molecule has 4 rings (SSSR count). The van der Waals surface area contributed by atoms with Crippen LogP contribution < -0.4 is 5.32 Å². The van der Waals surface area contributed by atoms with Crippen LogP contribution in [0, 0.1) is 6.92 Å². The van der Waals surface area contributed by atoms with Gasteiger partial charge >= 0.3 is 0 Å². The summed E-state index contributed by atoms with van der Waals surface area (Å²) in [7, 11) is 0. The minimum Gasteiger partial charge on any atom is -0.373 e. The first-order valence-corrected chi connectivity index (χ1v) is 9.97. The highest BCUT2D eigenvalue weighted by atomic mass is 16.5. The van der Waals surface area contributed by atoms with Gasteiger partial charge in [0.25, 0.3) is 0 Å². The third kappa shape index (κ3) is 4.49. The fourth-order valence-electron chi connectivity index (χ4n) is 3.93. The van der Waals surface area contributed by atoms with Crippen molar-refractivity contribution >= 4 is 16.7 Å². The number of hydrogen-bond acceptors (Lipinski definition) is 5. The summed E-state index contributed by atoms with van der Waals surface area (Å²) in [4.78, 5) is 11.3. The molecule has 1 aliphatic rings. The summed E-state index contributed by atoms with van der Waals surface area (Å²) in [6.07, 6.45) is 2.23. The molecule has 1 aliphatic heterocycles. The predicted octanol–water partition coefficient (Wildman–Crippen LogP) is 4.16. The second kappa shape index (κ2) is 8.25. The van der Waals surface area contributed by atoms with E-state index in [1.165, 1.54) is 16.7 Å². The molecule has 0 aliphatic carbocycles. The van der Waals surface area contributed by atoms with E-state index < -0.39 is 0 Å². The molecule has 1 fully saturated rings. The van der Waals surface area contributed by atoms with Crippen LogP contribution in [0.5, 0.6) is 0 Å². The lowest BCUT2D eigenvalue weighted by Crippen LogP contribution is -2.44. The van der Waals surface area contributed by atoms with Gasteiger partial charge in [-0.15, -0.1) is 0 Å². The fraction of sp³-hybridized carbons (Fsp3) is 0.391. The molecule has 0 spiro atoms. The first-order chi connectivity index (χ1) is 13.6. The van der Waals surface area contributed by atoms with Crippen molar-refractivity contribution in [2.75, 3.05) is 18.4 Å². The number of fused-ring (bicyclic) bond motifs is 1. The largest absolute Gasteiger partial charge is 0.373 e. The van der Waals surface area contributed by atoms with Gasteiger partial charge in [-0.1, -0.05) is 35.9 Å². The zero-order valence-corrected chi connectivity index (χ0v) is 16.9. The molecule has 1 saturated heterocycles. The third-order valence-electron chi connectivity index (χ3n) is 5.18. The van der Waals surface area contributed by atoms with Crippen LogP contribution in [0.1, 0.15) is 30.5 Å². The second-order valence-electron chi connectivity index (χ2n) is 7.86. The van der Waals surface area contributed by atoms with Crippen LogP contribution in [-0.2, 0) is 17.8 Å². The zero-order valence-electron chi connectivity index (χ0n) is 16.9. The van der Waals surface area contributed by atoms with E-state index in [0.717, 1.165) is 42.9 Å². The molecule has 0 amide bonds. The van der Waals surface area contributed by atoms with Gasteiger partial charge in [0.2, 0.25) is 0 Å². The summed E-state index contributed by atoms with van der Waals surface area (Å²) >= 11 is 0. The summed E-state index contributed by atoms with van der Waals surface area (Å²) in [6, 6.07) is 15.1. The lowest BCUT2D eigenvalue weighted by molar-refractivity contribution is -0.0704. The highest BCUT2D eigenvalue weighted by Gasteiger charge is 2.21. The standard InChI is InChI=1S/C23H28N4O/c1-16-4-9-22-21(10-16)23(26-15-25-22)24-11-19-5-7-20(8-6-19)14-27-12-17(2)28-18(3)13-27/h4-10,15,17-18H,11-14H2,1-3H3,(H,24,25,26). The Labute approximate surface area is 166 Å². The lowest BCUT2D eigenvalue weighted by Gasteiger charge is -2.35. The Hall–Kier alpha value is -2.50. The van der Waals surface area contributed by atoms with Gasteiger partial charge in [0.05, 0.1) is 17.7 Å². The maximum Gasteiger partial charge on any atom is 0.137 e. The van der Waals surface area contributed by atoms with Crippen LogP contribution in [-0.4, -0.2) is 40.2 Å². The van der Waals surface area contributed by atoms with Crippen LogP contribution in [0.25, 0.3) is 10.9 Å². The highest BCUT2D eigenvalue weighted by molar-refractivity contribution is 5.89. The molecule has 2 heterocycles. The Morgan fingerprint density at radius 2 is 1.71 bits per heavy atom. The van der Waals surface area contributed by atoms with Gasteiger partial charge in [-0.3, -0.25) is 4.90 Å². The fourth-order valence-corrected chi connectivity index (χ4v) is 3.93. The first kappa shape index (κ1) is 18.8. The van der Waals surface area contributed by atoms with Gasteiger partial charge in [-0.05, 0) is 44.0 Å². The number of aryl methyl sites for hydroxylation is 1. The summed E-state index contributed by atoms with van der Waals surface area (Å²) in [5.74, 6) is 0.883. The quantitative estimate of drug-likeness (QED) is 0.725. The van der Waals surface area contributed by atoms with Crippen molar-refractivity contribution in [2.45, 2.75) is 46.1 Å². The Bertz CT molecular complexity index is 931. The van der Waals surface area contributed by atoms with Gasteiger partial charge in [0.15, 0.2) is 0 Å². The van der Waals surface area contributed by atoms with E-state index in [4.69, 9.17) is 4.74 Å². The maximum atomic E-state index is 5.82. The van der Waals surface area contributed by atoms with Crippen LogP contribution in [0.2, 0.25) is 0 Å². The van der Waals surface area contributed by atoms with E-state index >= 15 is 0 Å². The topological polar surface area (TPSA) is 50.3 Å². The first-order valence-electron chi connectivity index (χ1n) is 9.97. The molecule has 0 radical (unpaired) electrons. The zero-order chi connectivity index (χ0) is 19.5. The molecular weight excluding hydrogens is 348 g/mol. The molecule has 28 heavy (non-hydrogen) atoms. The maximum absolute atomic E-state index is 5.82. The van der Waals surface area contributed by atoms with E-state index in [2.05, 4.69) is 77.4 Å². The van der Waals surface area contributed by atoms with Crippen LogP contribution in [0.3, 0.4) is 0 Å². The summed E-state index contributed by atoms with van der Waals surface area (Å²) in [6.45, 7) is 10.1. The molecule has 0 bridgehead atoms. The average Bonchev–Trinajstić information content (AvgIpc) is 2.66. The number of anilines is 1. The number of nitrogens with one attached hydrogen (secondary N) is 1. The van der Waals surface area contributed by atoms with E-state index in [1.54, 1.807) is 6.33 Å². The third-order valence-corrected chi connectivity index (χ3v) is 5.18. The van der Waals surface area contributed by atoms with E-state index in [1.807, 2.05) is 6.07 Å². The van der Waals surface area contributed by atoms with Crippen LogP contribution >= 0.6 is 0 Å². The van der Waals surface area contributed by atoms with Gasteiger partial charge in [-0.2, -0.15) is 0 Å². The van der Waals surface area contributed by atoms with Crippen molar-refractivity contribution in [1.82, 2.24) is 14.9 Å². The molecule has 2 unspecified atom stereocenters. The smallest absolute Gasteiger partial charge is 0.137 e. The summed E-state index contributed by atoms with van der Waals surface area (Å²) in [5.41, 5.74) is 4.76. The van der Waals surface area contributed by atoms with E-state index in [-0.39, 0.29) is 0 Å². The van der Waals surface area contributed by atoms with Gasteiger partial charge in [0, 0.05) is 31.6 Å². The number of ether oxygens (including phenoxy) is 1. The van der Waals surface area contributed by atoms with Gasteiger partial charge in [0.1, 0.15) is 12.1 Å². The van der Waals surface area contributed by atoms with Crippen molar-refractivity contribution < 1.29 is 4.74 Å². The minimum absolute atomic E-state index is 0.304. The van der Waals surface area contributed by atoms with Crippen molar-refractivity contribution in [3.05, 3.63) is 65.5 Å². The average molecular weight is 377 g/mol. The Kier molecular flexibility index (Phi) is 5.55. The van der Waals surface area contributed by atoms with Crippen molar-refractivity contribution in [3.63, 3.8) is 0 Å². The SMILES string of the molecule is Cc1ccc2ncnc(NCc3ccc(CN4CC(C)OC(C)C4)cc3)c2c1. The molecule has 1 aromatic heterocycles. The van der Waals surface area contributed by atoms with Crippen LogP contribution in [0.4, 0.5) is 5.82 Å². The number of nitrogens with zero attached hydrogens (tertiary/aromatic N) is 3. The van der Waals surface area contributed by atoms with Gasteiger partial charge in [-0.25, -0.2) is 9.97 Å². The Morgan fingerprint density at radius 3 is 2.46 bits per heavy atom. The summed E-state index contributed by atoms with van der Waals surface area (Å²) < 4.78 is 5.82. The van der Waals surface area contributed by atoms with E-state index in [0.29, 0.717) is 12.2 Å². The molecule has 1 N–H and O–H groups in total. The molecule has 5 nitrogen and oxygen atoms in total. The molecule has 146 valence electrons. The van der Waals surface area contributed by atoms with Crippen molar-refractivity contribution in [1.29, 1.82) is 0 Å². The molecule has 3 aromatic rings. The molecule has 2 atom stereocenters. The Morgan fingerprint density at radius 1 is 1.00 bits per heavy atom. The van der Waals surface area contributed by atoms with Crippen molar-refractivity contribution in [3.8, 4) is 0 Å². The molecular formula is C23H28N4O. The number of benzene rings is 2. The van der Waals surface area contributed by atoms with E-state index in [9.17, 15) is 0 Å². The number of rotatable bonds is 5. The number of hydrogen-bond donors (Lipinski definition) is 1. The monoisotopic (exact) mass is 376 g/mol. The molecule has 0 saturated carbocycles.